The Morgan fingerprint density at radius 2 is 2.36 bits per heavy atom. The normalized spacial score (nSPS) is 28.4. The lowest BCUT2D eigenvalue weighted by atomic mass is 9.95. The lowest BCUT2D eigenvalue weighted by molar-refractivity contribution is -0.0175. The van der Waals surface area contributed by atoms with E-state index in [0.29, 0.717) is 12.0 Å². The van der Waals surface area contributed by atoms with Gasteiger partial charge in [0.05, 0.1) is 6.10 Å². The van der Waals surface area contributed by atoms with E-state index in [4.69, 9.17) is 10.5 Å². The Balaban J connectivity index is 2.21. The fourth-order valence-electron chi connectivity index (χ4n) is 1.66. The lowest BCUT2D eigenvalue weighted by Crippen LogP contribution is -2.27. The molecule has 66 valence electrons. The summed E-state index contributed by atoms with van der Waals surface area (Å²) in [7, 11) is 0. The summed E-state index contributed by atoms with van der Waals surface area (Å²) < 4.78 is 5.64. The predicted molar refractivity (Wildman–Crippen MR) is 46.4 cm³/mol. The third kappa shape index (κ3) is 2.80. The number of hydrogen-bond donors (Lipinski definition) is 1. The maximum Gasteiger partial charge on any atom is 0.0601 e. The quantitative estimate of drug-likeness (QED) is 0.674. The van der Waals surface area contributed by atoms with Crippen LogP contribution in [0.1, 0.15) is 32.6 Å². The molecule has 1 fully saturated rings. The number of rotatable bonds is 3. The molecule has 2 heteroatoms. The number of hydrogen-bond acceptors (Lipinski definition) is 2. The van der Waals surface area contributed by atoms with Gasteiger partial charge >= 0.3 is 0 Å². The van der Waals surface area contributed by atoms with Gasteiger partial charge in [0.2, 0.25) is 0 Å². The number of ether oxygens (including phenoxy) is 1. The summed E-state index contributed by atoms with van der Waals surface area (Å²) in [5, 5.41) is 0. The van der Waals surface area contributed by atoms with Crippen LogP contribution in [-0.4, -0.2) is 19.3 Å². The highest BCUT2D eigenvalue weighted by molar-refractivity contribution is 4.70. The molecule has 0 amide bonds. The minimum Gasteiger partial charge on any atom is -0.378 e. The highest BCUT2D eigenvalue weighted by atomic mass is 16.5. The van der Waals surface area contributed by atoms with Crippen molar-refractivity contribution in [2.75, 3.05) is 13.2 Å². The van der Waals surface area contributed by atoms with Crippen molar-refractivity contribution in [3.8, 4) is 0 Å². The van der Waals surface area contributed by atoms with E-state index in [0.717, 1.165) is 19.6 Å². The molecule has 0 aromatic carbocycles. The SMILES string of the molecule is CC(CCN)C1CCCCO1. The van der Waals surface area contributed by atoms with E-state index in [1.807, 2.05) is 0 Å². The van der Waals surface area contributed by atoms with Gasteiger partial charge in [-0.25, -0.2) is 0 Å². The van der Waals surface area contributed by atoms with Gasteiger partial charge < -0.3 is 10.5 Å². The van der Waals surface area contributed by atoms with Gasteiger partial charge in [0.1, 0.15) is 0 Å². The second-order valence-electron chi connectivity index (χ2n) is 3.46. The molecule has 1 aliphatic heterocycles. The molecular weight excluding hydrogens is 138 g/mol. The van der Waals surface area contributed by atoms with Crippen molar-refractivity contribution in [1.29, 1.82) is 0 Å². The van der Waals surface area contributed by atoms with Crippen LogP contribution in [-0.2, 0) is 4.74 Å². The van der Waals surface area contributed by atoms with Gasteiger partial charge in [-0.2, -0.15) is 0 Å². The molecule has 2 nitrogen and oxygen atoms in total. The third-order valence-electron chi connectivity index (χ3n) is 2.47. The first kappa shape index (κ1) is 9.01. The topological polar surface area (TPSA) is 35.2 Å². The van der Waals surface area contributed by atoms with E-state index >= 15 is 0 Å². The molecule has 0 aromatic rings. The molecule has 0 aliphatic carbocycles. The molecular formula is C9H19NO. The van der Waals surface area contributed by atoms with Crippen LogP contribution >= 0.6 is 0 Å². The zero-order valence-corrected chi connectivity index (χ0v) is 7.38. The van der Waals surface area contributed by atoms with Crippen LogP contribution in [0.3, 0.4) is 0 Å². The molecule has 1 rings (SSSR count). The predicted octanol–water partition coefficient (Wildman–Crippen LogP) is 1.54. The summed E-state index contributed by atoms with van der Waals surface area (Å²) in [6, 6.07) is 0. The van der Waals surface area contributed by atoms with E-state index in [-0.39, 0.29) is 0 Å². The van der Waals surface area contributed by atoms with E-state index in [1.54, 1.807) is 0 Å². The smallest absolute Gasteiger partial charge is 0.0601 e. The Kier molecular flexibility index (Phi) is 3.87. The first-order valence-electron chi connectivity index (χ1n) is 4.66. The van der Waals surface area contributed by atoms with Gasteiger partial charge in [-0.3, -0.25) is 0 Å². The van der Waals surface area contributed by atoms with Crippen LogP contribution in [0.25, 0.3) is 0 Å². The Morgan fingerprint density at radius 1 is 1.55 bits per heavy atom. The summed E-state index contributed by atoms with van der Waals surface area (Å²) in [4.78, 5) is 0. The minimum atomic E-state index is 0.493. The summed E-state index contributed by atoms with van der Waals surface area (Å²) in [6.45, 7) is 3.99. The Hall–Kier alpha value is -0.0800. The van der Waals surface area contributed by atoms with E-state index in [1.165, 1.54) is 19.3 Å². The van der Waals surface area contributed by atoms with Gasteiger partial charge in [0, 0.05) is 6.61 Å². The van der Waals surface area contributed by atoms with E-state index < -0.39 is 0 Å². The summed E-state index contributed by atoms with van der Waals surface area (Å²) in [6.07, 6.45) is 5.41. The maximum atomic E-state index is 5.64. The zero-order valence-electron chi connectivity index (χ0n) is 7.38. The molecule has 0 bridgehead atoms. The van der Waals surface area contributed by atoms with Crippen molar-refractivity contribution in [2.45, 2.75) is 38.7 Å². The summed E-state index contributed by atoms with van der Waals surface area (Å²) in [5.74, 6) is 0.653. The molecule has 1 saturated heterocycles. The van der Waals surface area contributed by atoms with Crippen LogP contribution in [0.2, 0.25) is 0 Å². The Bertz CT molecular complexity index is 99.7. The van der Waals surface area contributed by atoms with Gasteiger partial charge in [-0.05, 0) is 38.1 Å². The van der Waals surface area contributed by atoms with Gasteiger partial charge in [0.15, 0.2) is 0 Å². The Labute approximate surface area is 69.1 Å². The van der Waals surface area contributed by atoms with E-state index in [9.17, 15) is 0 Å². The molecule has 2 unspecified atom stereocenters. The van der Waals surface area contributed by atoms with E-state index in [2.05, 4.69) is 6.92 Å². The molecule has 0 aromatic heterocycles. The van der Waals surface area contributed by atoms with Gasteiger partial charge in [0.25, 0.3) is 0 Å². The highest BCUT2D eigenvalue weighted by Crippen LogP contribution is 2.21. The van der Waals surface area contributed by atoms with Crippen LogP contribution in [0.15, 0.2) is 0 Å². The molecule has 1 heterocycles. The third-order valence-corrected chi connectivity index (χ3v) is 2.47. The number of nitrogens with two attached hydrogens (primary N) is 1. The van der Waals surface area contributed by atoms with Crippen LogP contribution in [0.4, 0.5) is 0 Å². The molecule has 1 aliphatic rings. The Morgan fingerprint density at radius 3 is 2.91 bits per heavy atom. The molecule has 0 spiro atoms. The van der Waals surface area contributed by atoms with Crippen molar-refractivity contribution >= 4 is 0 Å². The molecule has 2 atom stereocenters. The van der Waals surface area contributed by atoms with Crippen LogP contribution < -0.4 is 5.73 Å². The fourth-order valence-corrected chi connectivity index (χ4v) is 1.66. The minimum absolute atomic E-state index is 0.493. The maximum absolute atomic E-state index is 5.64. The van der Waals surface area contributed by atoms with Crippen molar-refractivity contribution in [3.05, 3.63) is 0 Å². The summed E-state index contributed by atoms with van der Waals surface area (Å²) in [5.41, 5.74) is 5.48. The van der Waals surface area contributed by atoms with Crippen molar-refractivity contribution in [3.63, 3.8) is 0 Å². The average molecular weight is 157 g/mol. The van der Waals surface area contributed by atoms with Gasteiger partial charge in [-0.1, -0.05) is 6.92 Å². The largest absolute Gasteiger partial charge is 0.378 e. The highest BCUT2D eigenvalue weighted by Gasteiger charge is 2.19. The second kappa shape index (κ2) is 4.73. The van der Waals surface area contributed by atoms with Crippen molar-refractivity contribution < 1.29 is 4.74 Å². The molecule has 11 heavy (non-hydrogen) atoms. The molecule has 0 saturated carbocycles. The molecule has 0 radical (unpaired) electrons. The molecule has 2 N–H and O–H groups in total. The first-order chi connectivity index (χ1) is 5.34. The van der Waals surface area contributed by atoms with Crippen LogP contribution in [0, 0.1) is 5.92 Å². The van der Waals surface area contributed by atoms with Crippen molar-refractivity contribution in [1.82, 2.24) is 0 Å². The standard InChI is InChI=1S/C9H19NO/c1-8(5-6-10)9-4-2-3-7-11-9/h8-9H,2-7,10H2,1H3. The zero-order chi connectivity index (χ0) is 8.10. The van der Waals surface area contributed by atoms with Crippen LogP contribution in [0.5, 0.6) is 0 Å². The summed E-state index contributed by atoms with van der Waals surface area (Å²) >= 11 is 0. The first-order valence-corrected chi connectivity index (χ1v) is 4.66. The lowest BCUT2D eigenvalue weighted by Gasteiger charge is -2.27. The second-order valence-corrected chi connectivity index (χ2v) is 3.46. The van der Waals surface area contributed by atoms with Gasteiger partial charge in [-0.15, -0.1) is 0 Å². The van der Waals surface area contributed by atoms with Crippen molar-refractivity contribution in [2.24, 2.45) is 11.7 Å². The fraction of sp³-hybridized carbons (Fsp3) is 1.00. The monoisotopic (exact) mass is 157 g/mol. The average Bonchev–Trinajstić information content (AvgIpc) is 2.07.